The van der Waals surface area contributed by atoms with Gasteiger partial charge in [-0.05, 0) is 83.1 Å². The van der Waals surface area contributed by atoms with Crippen LogP contribution < -0.4 is 0 Å². The molecule has 0 N–H and O–H groups in total. The molecule has 4 fully saturated rings. The third-order valence-corrected chi connectivity index (χ3v) is 13.3. The van der Waals surface area contributed by atoms with Crippen LogP contribution in [0.5, 0.6) is 0 Å². The quantitative estimate of drug-likeness (QED) is 0.0353. The summed E-state index contributed by atoms with van der Waals surface area (Å²) < 4.78 is 11.4. The summed E-state index contributed by atoms with van der Waals surface area (Å²) in [5.74, 6) is -0.456. The molecule has 0 spiro atoms. The Morgan fingerprint density at radius 2 is 0.966 bits per heavy atom. The van der Waals surface area contributed by atoms with Crippen LogP contribution >= 0.6 is 0 Å². The van der Waals surface area contributed by atoms with Crippen molar-refractivity contribution in [2.75, 3.05) is 26.3 Å². The Bertz CT molecular complexity index is 1200. The van der Waals surface area contributed by atoms with Crippen LogP contribution in [0, 0.1) is 5.92 Å². The van der Waals surface area contributed by atoms with Crippen molar-refractivity contribution in [3.8, 4) is 0 Å². The number of amides is 2. The molecule has 4 aliphatic rings. The fourth-order valence-electron chi connectivity index (χ4n) is 9.85. The SMILES string of the molecule is CCCCCCCCCCOC(=O)CN(CC(=O)OCCCCCCCCCC)C1CCC(C=C(C)C=C2C(=O)N(C3CCCCC3)N(C3CCCCC3)C2=O)CC1. The van der Waals surface area contributed by atoms with Crippen molar-refractivity contribution >= 4 is 23.8 Å². The zero-order valence-electron chi connectivity index (χ0n) is 37.3. The van der Waals surface area contributed by atoms with Gasteiger partial charge in [0.25, 0.3) is 11.8 Å². The predicted molar refractivity (Wildman–Crippen MR) is 234 cm³/mol. The van der Waals surface area contributed by atoms with Gasteiger partial charge in [0.15, 0.2) is 0 Å². The fraction of sp³-hybridized carbons (Fsp3) is 0.837. The van der Waals surface area contributed by atoms with Gasteiger partial charge in [0, 0.05) is 6.04 Å². The summed E-state index contributed by atoms with van der Waals surface area (Å²) in [6.07, 6.45) is 37.4. The molecule has 330 valence electrons. The Hall–Kier alpha value is -2.68. The first-order chi connectivity index (χ1) is 28.3. The highest BCUT2D eigenvalue weighted by molar-refractivity contribution is 6.23. The second-order valence-corrected chi connectivity index (χ2v) is 18.2. The zero-order chi connectivity index (χ0) is 41.4. The molecule has 0 aromatic heterocycles. The number of ether oxygens (including phenoxy) is 2. The van der Waals surface area contributed by atoms with Crippen molar-refractivity contribution in [2.24, 2.45) is 5.92 Å². The maximum Gasteiger partial charge on any atom is 0.320 e. The lowest BCUT2D eigenvalue weighted by Crippen LogP contribution is -2.53. The summed E-state index contributed by atoms with van der Waals surface area (Å²) in [5.41, 5.74) is 1.28. The molecule has 58 heavy (non-hydrogen) atoms. The molecule has 0 atom stereocenters. The van der Waals surface area contributed by atoms with E-state index >= 15 is 0 Å². The fourth-order valence-corrected chi connectivity index (χ4v) is 9.85. The van der Waals surface area contributed by atoms with Crippen LogP contribution in [-0.2, 0) is 28.7 Å². The number of hydrogen-bond donors (Lipinski definition) is 0. The maximum atomic E-state index is 14.0. The molecular weight excluding hydrogens is 727 g/mol. The Kier molecular flexibility index (Phi) is 23.1. The van der Waals surface area contributed by atoms with Gasteiger partial charge >= 0.3 is 11.9 Å². The molecule has 0 bridgehead atoms. The highest BCUT2D eigenvalue weighted by atomic mass is 16.5. The van der Waals surface area contributed by atoms with Gasteiger partial charge in [-0.2, -0.15) is 0 Å². The van der Waals surface area contributed by atoms with Crippen molar-refractivity contribution in [2.45, 2.75) is 232 Å². The van der Waals surface area contributed by atoms with Crippen LogP contribution in [0.4, 0.5) is 0 Å². The third kappa shape index (κ3) is 16.8. The molecule has 1 heterocycles. The van der Waals surface area contributed by atoms with Gasteiger partial charge in [0.05, 0.1) is 38.4 Å². The number of unbranched alkanes of at least 4 members (excludes halogenated alkanes) is 14. The van der Waals surface area contributed by atoms with E-state index in [1.807, 2.05) is 27.9 Å². The van der Waals surface area contributed by atoms with E-state index in [0.29, 0.717) is 24.7 Å². The van der Waals surface area contributed by atoms with E-state index in [4.69, 9.17) is 9.47 Å². The van der Waals surface area contributed by atoms with Crippen LogP contribution in [0.25, 0.3) is 0 Å². The van der Waals surface area contributed by atoms with Crippen LogP contribution in [0.3, 0.4) is 0 Å². The molecule has 0 aromatic rings. The lowest BCUT2D eigenvalue weighted by molar-refractivity contribution is -0.160. The largest absolute Gasteiger partial charge is 0.465 e. The maximum absolute atomic E-state index is 14.0. The first kappa shape index (κ1) is 48.0. The minimum Gasteiger partial charge on any atom is -0.465 e. The third-order valence-electron chi connectivity index (χ3n) is 13.3. The van der Waals surface area contributed by atoms with Crippen molar-refractivity contribution in [3.05, 3.63) is 23.3 Å². The van der Waals surface area contributed by atoms with E-state index in [-0.39, 0.29) is 55.0 Å². The summed E-state index contributed by atoms with van der Waals surface area (Å²) in [7, 11) is 0. The summed E-state index contributed by atoms with van der Waals surface area (Å²) >= 11 is 0. The summed E-state index contributed by atoms with van der Waals surface area (Å²) in [4.78, 5) is 56.2. The number of hydrogen-bond acceptors (Lipinski definition) is 7. The topological polar surface area (TPSA) is 96.5 Å². The van der Waals surface area contributed by atoms with Gasteiger partial charge in [-0.25, -0.2) is 10.0 Å². The first-order valence-electron chi connectivity index (χ1n) is 24.4. The molecule has 3 aliphatic carbocycles. The van der Waals surface area contributed by atoms with Crippen LogP contribution in [0.1, 0.15) is 213 Å². The summed E-state index contributed by atoms with van der Waals surface area (Å²) in [6.45, 7) is 7.54. The molecular formula is C49H83N3O6. The molecule has 9 heteroatoms. The molecule has 9 nitrogen and oxygen atoms in total. The highest BCUT2D eigenvalue weighted by Gasteiger charge is 2.47. The van der Waals surface area contributed by atoms with Crippen molar-refractivity contribution in [1.29, 1.82) is 0 Å². The number of rotatable bonds is 27. The first-order valence-corrected chi connectivity index (χ1v) is 24.4. The Balaban J connectivity index is 1.30. The Labute approximate surface area is 353 Å². The van der Waals surface area contributed by atoms with Crippen molar-refractivity contribution < 1.29 is 28.7 Å². The average molecular weight is 810 g/mol. The number of carbonyl (C=O) groups excluding carboxylic acids is 4. The molecule has 4 rings (SSSR count). The summed E-state index contributed by atoms with van der Waals surface area (Å²) in [6, 6.07) is 0.316. The van der Waals surface area contributed by atoms with Crippen molar-refractivity contribution in [3.63, 3.8) is 0 Å². The lowest BCUT2D eigenvalue weighted by atomic mass is 9.84. The monoisotopic (exact) mass is 810 g/mol. The van der Waals surface area contributed by atoms with E-state index in [9.17, 15) is 19.2 Å². The minimum atomic E-state index is -0.265. The number of nitrogens with zero attached hydrogens (tertiary/aromatic N) is 3. The minimum absolute atomic E-state index is 0.0840. The molecule has 0 unspecified atom stereocenters. The predicted octanol–water partition coefficient (Wildman–Crippen LogP) is 11.3. The Morgan fingerprint density at radius 3 is 1.38 bits per heavy atom. The normalized spacial score (nSPS) is 21.3. The van der Waals surface area contributed by atoms with E-state index in [0.717, 1.165) is 108 Å². The zero-order valence-corrected chi connectivity index (χ0v) is 37.3. The van der Waals surface area contributed by atoms with E-state index in [1.165, 1.54) is 89.9 Å². The van der Waals surface area contributed by atoms with Crippen molar-refractivity contribution in [1.82, 2.24) is 14.9 Å². The standard InChI is InChI=1S/C49H83N3O6/c1-4-6-8-10-12-14-16-24-34-57-46(53)38-50(39-47(54)58-35-25-17-15-13-11-9-7-5-2)42-32-30-41(31-33-42)36-40(3)37-45-48(55)51(43-26-20-18-21-27-43)52(49(45)56)44-28-22-19-23-29-44/h36-37,41-44H,4-35,38-39H2,1-3H3. The number of carbonyl (C=O) groups is 4. The van der Waals surface area contributed by atoms with Gasteiger partial charge in [0.1, 0.15) is 5.57 Å². The molecule has 2 amide bonds. The Morgan fingerprint density at radius 1 is 0.569 bits per heavy atom. The van der Waals surface area contributed by atoms with Crippen LogP contribution in [0.2, 0.25) is 0 Å². The molecule has 0 aromatic carbocycles. The highest BCUT2D eigenvalue weighted by Crippen LogP contribution is 2.36. The van der Waals surface area contributed by atoms with Gasteiger partial charge < -0.3 is 9.47 Å². The van der Waals surface area contributed by atoms with E-state index < -0.39 is 0 Å². The van der Waals surface area contributed by atoms with Crippen LogP contribution in [-0.4, -0.2) is 83.1 Å². The second-order valence-electron chi connectivity index (χ2n) is 18.2. The van der Waals surface area contributed by atoms with Crippen LogP contribution in [0.15, 0.2) is 23.3 Å². The number of allylic oxidation sites excluding steroid dienone is 3. The van der Waals surface area contributed by atoms with Gasteiger partial charge in [-0.1, -0.05) is 154 Å². The van der Waals surface area contributed by atoms with E-state index in [1.54, 1.807) is 0 Å². The summed E-state index contributed by atoms with van der Waals surface area (Å²) in [5, 5.41) is 3.75. The molecule has 0 radical (unpaired) electrons. The van der Waals surface area contributed by atoms with Gasteiger partial charge in [-0.15, -0.1) is 0 Å². The molecule has 3 saturated carbocycles. The molecule has 1 saturated heterocycles. The number of esters is 2. The van der Waals surface area contributed by atoms with E-state index in [2.05, 4.69) is 19.9 Å². The second kappa shape index (κ2) is 28.0. The van der Waals surface area contributed by atoms with Gasteiger partial charge in [-0.3, -0.25) is 24.1 Å². The molecule has 1 aliphatic heterocycles. The lowest BCUT2D eigenvalue weighted by Gasteiger charge is -2.41. The smallest absolute Gasteiger partial charge is 0.320 e. The van der Waals surface area contributed by atoms with Gasteiger partial charge in [0.2, 0.25) is 0 Å². The average Bonchev–Trinajstić information content (AvgIpc) is 3.48. The number of hydrazine groups is 1.